The first-order valence-corrected chi connectivity index (χ1v) is 6.24. The molecule has 0 aliphatic carbocycles. The SMILES string of the molecule is COCC(=O)N1CCc2[nH]c3ccc(F)cc3c2C1. The minimum atomic E-state index is -0.255. The van der Waals surface area contributed by atoms with E-state index < -0.39 is 0 Å². The topological polar surface area (TPSA) is 45.3 Å². The summed E-state index contributed by atoms with van der Waals surface area (Å²) in [6, 6.07) is 4.71. The zero-order chi connectivity index (χ0) is 13.4. The molecule has 0 atom stereocenters. The van der Waals surface area contributed by atoms with Crippen molar-refractivity contribution >= 4 is 16.8 Å². The normalized spacial score (nSPS) is 14.7. The van der Waals surface area contributed by atoms with Gasteiger partial charge in [-0.25, -0.2) is 4.39 Å². The van der Waals surface area contributed by atoms with Crippen molar-refractivity contribution in [2.75, 3.05) is 20.3 Å². The van der Waals surface area contributed by atoms with Gasteiger partial charge >= 0.3 is 0 Å². The third kappa shape index (κ3) is 2.10. The molecule has 0 unspecified atom stereocenters. The molecule has 5 heteroatoms. The molecule has 19 heavy (non-hydrogen) atoms. The molecule has 2 heterocycles. The Morgan fingerprint density at radius 1 is 1.53 bits per heavy atom. The summed E-state index contributed by atoms with van der Waals surface area (Å²) in [5, 5.41) is 0.866. The molecule has 0 fully saturated rings. The molecular formula is C14H15FN2O2. The van der Waals surface area contributed by atoms with Crippen LogP contribution in [-0.2, 0) is 22.5 Å². The van der Waals surface area contributed by atoms with E-state index in [9.17, 15) is 9.18 Å². The van der Waals surface area contributed by atoms with Gasteiger partial charge in [-0.05, 0) is 18.2 Å². The molecule has 2 aromatic rings. The molecule has 1 aromatic carbocycles. The van der Waals surface area contributed by atoms with Gasteiger partial charge in [-0.15, -0.1) is 0 Å². The number of nitrogens with zero attached hydrogens (tertiary/aromatic N) is 1. The number of aromatic nitrogens is 1. The average molecular weight is 262 g/mol. The van der Waals surface area contributed by atoms with E-state index in [-0.39, 0.29) is 18.3 Å². The molecular weight excluding hydrogens is 247 g/mol. The fourth-order valence-electron chi connectivity index (χ4n) is 2.61. The zero-order valence-electron chi connectivity index (χ0n) is 10.7. The quantitative estimate of drug-likeness (QED) is 0.897. The lowest BCUT2D eigenvalue weighted by Crippen LogP contribution is -2.37. The second-order valence-corrected chi connectivity index (χ2v) is 4.77. The number of benzene rings is 1. The number of nitrogens with one attached hydrogen (secondary N) is 1. The van der Waals surface area contributed by atoms with Gasteiger partial charge < -0.3 is 14.6 Å². The Labute approximate surface area is 110 Å². The van der Waals surface area contributed by atoms with Gasteiger partial charge in [0.25, 0.3) is 0 Å². The molecule has 1 N–H and O–H groups in total. The summed E-state index contributed by atoms with van der Waals surface area (Å²) in [5.41, 5.74) is 3.04. The summed E-state index contributed by atoms with van der Waals surface area (Å²) >= 11 is 0. The highest BCUT2D eigenvalue weighted by Crippen LogP contribution is 2.28. The fraction of sp³-hybridized carbons (Fsp3) is 0.357. The number of ether oxygens (including phenoxy) is 1. The fourth-order valence-corrected chi connectivity index (χ4v) is 2.61. The molecule has 100 valence electrons. The third-order valence-corrected chi connectivity index (χ3v) is 3.56. The maximum absolute atomic E-state index is 13.3. The van der Waals surface area contributed by atoms with Crippen LogP contribution in [0.2, 0.25) is 0 Å². The van der Waals surface area contributed by atoms with Crippen LogP contribution in [0.1, 0.15) is 11.3 Å². The first kappa shape index (κ1) is 12.2. The van der Waals surface area contributed by atoms with Crippen molar-refractivity contribution in [2.24, 2.45) is 0 Å². The Bertz CT molecular complexity index is 636. The Kier molecular flexibility index (Phi) is 2.98. The molecule has 0 radical (unpaired) electrons. The van der Waals surface area contributed by atoms with E-state index >= 15 is 0 Å². The average Bonchev–Trinajstić information content (AvgIpc) is 2.76. The van der Waals surface area contributed by atoms with Crippen LogP contribution in [0.3, 0.4) is 0 Å². The number of methoxy groups -OCH3 is 1. The van der Waals surface area contributed by atoms with E-state index in [1.54, 1.807) is 11.0 Å². The molecule has 1 amide bonds. The highest BCUT2D eigenvalue weighted by atomic mass is 19.1. The summed E-state index contributed by atoms with van der Waals surface area (Å²) in [7, 11) is 1.51. The van der Waals surface area contributed by atoms with Crippen LogP contribution in [0.4, 0.5) is 4.39 Å². The Hall–Kier alpha value is -1.88. The Balaban J connectivity index is 1.97. The van der Waals surface area contributed by atoms with Crippen LogP contribution >= 0.6 is 0 Å². The van der Waals surface area contributed by atoms with Crippen LogP contribution in [0.15, 0.2) is 18.2 Å². The molecule has 1 aliphatic rings. The van der Waals surface area contributed by atoms with E-state index in [1.807, 2.05) is 0 Å². The highest BCUT2D eigenvalue weighted by molar-refractivity contribution is 5.86. The molecule has 1 aromatic heterocycles. The standard InChI is InChI=1S/C14H15FN2O2/c1-19-8-14(18)17-5-4-13-11(7-17)10-6-9(15)2-3-12(10)16-13/h2-3,6,16H,4-5,7-8H2,1H3. The summed E-state index contributed by atoms with van der Waals surface area (Å²) in [4.78, 5) is 16.9. The maximum atomic E-state index is 13.3. The highest BCUT2D eigenvalue weighted by Gasteiger charge is 2.23. The van der Waals surface area contributed by atoms with Crippen LogP contribution in [-0.4, -0.2) is 36.1 Å². The molecule has 0 saturated carbocycles. The molecule has 0 spiro atoms. The van der Waals surface area contributed by atoms with E-state index in [4.69, 9.17) is 4.74 Å². The van der Waals surface area contributed by atoms with Gasteiger partial charge in [-0.1, -0.05) is 0 Å². The van der Waals surface area contributed by atoms with Gasteiger partial charge in [-0.2, -0.15) is 0 Å². The van der Waals surface area contributed by atoms with Gasteiger partial charge in [0.2, 0.25) is 5.91 Å². The van der Waals surface area contributed by atoms with Crippen LogP contribution < -0.4 is 0 Å². The zero-order valence-corrected chi connectivity index (χ0v) is 10.7. The van der Waals surface area contributed by atoms with Crippen molar-refractivity contribution in [1.82, 2.24) is 9.88 Å². The first-order chi connectivity index (χ1) is 9.19. The minimum absolute atomic E-state index is 0.0288. The van der Waals surface area contributed by atoms with Crippen LogP contribution in [0.25, 0.3) is 10.9 Å². The molecule has 0 bridgehead atoms. The smallest absolute Gasteiger partial charge is 0.248 e. The lowest BCUT2D eigenvalue weighted by atomic mass is 10.0. The predicted molar refractivity (Wildman–Crippen MR) is 69.3 cm³/mol. The van der Waals surface area contributed by atoms with E-state index in [2.05, 4.69) is 4.98 Å². The number of amides is 1. The van der Waals surface area contributed by atoms with E-state index in [0.29, 0.717) is 13.1 Å². The van der Waals surface area contributed by atoms with Crippen molar-refractivity contribution in [3.05, 3.63) is 35.3 Å². The van der Waals surface area contributed by atoms with Crippen molar-refractivity contribution in [2.45, 2.75) is 13.0 Å². The minimum Gasteiger partial charge on any atom is -0.375 e. The van der Waals surface area contributed by atoms with E-state index in [0.717, 1.165) is 28.6 Å². The van der Waals surface area contributed by atoms with Gasteiger partial charge in [0, 0.05) is 48.8 Å². The molecule has 3 rings (SSSR count). The number of carbonyl (C=O) groups excluding carboxylic acids is 1. The van der Waals surface area contributed by atoms with Gasteiger partial charge in [0.1, 0.15) is 12.4 Å². The van der Waals surface area contributed by atoms with Crippen molar-refractivity contribution < 1.29 is 13.9 Å². The number of H-pyrrole nitrogens is 1. The lowest BCUT2D eigenvalue weighted by Gasteiger charge is -2.27. The molecule has 4 nitrogen and oxygen atoms in total. The molecule has 0 saturated heterocycles. The summed E-state index contributed by atoms with van der Waals surface area (Å²) < 4.78 is 18.2. The summed E-state index contributed by atoms with van der Waals surface area (Å²) in [6.45, 7) is 1.28. The second kappa shape index (κ2) is 4.66. The van der Waals surface area contributed by atoms with Gasteiger partial charge in [0.05, 0.1) is 0 Å². The number of rotatable bonds is 2. The van der Waals surface area contributed by atoms with Crippen molar-refractivity contribution in [1.29, 1.82) is 0 Å². The van der Waals surface area contributed by atoms with Gasteiger partial charge in [-0.3, -0.25) is 4.79 Å². The van der Waals surface area contributed by atoms with Crippen LogP contribution in [0, 0.1) is 5.82 Å². The Morgan fingerprint density at radius 3 is 3.16 bits per heavy atom. The maximum Gasteiger partial charge on any atom is 0.248 e. The summed E-state index contributed by atoms with van der Waals surface area (Å²) in [6.07, 6.45) is 0.765. The van der Waals surface area contributed by atoms with Crippen LogP contribution in [0.5, 0.6) is 0 Å². The van der Waals surface area contributed by atoms with E-state index in [1.165, 1.54) is 19.2 Å². The number of hydrogen-bond donors (Lipinski definition) is 1. The lowest BCUT2D eigenvalue weighted by molar-refractivity contribution is -0.136. The number of aromatic amines is 1. The van der Waals surface area contributed by atoms with Gasteiger partial charge in [0.15, 0.2) is 0 Å². The number of hydrogen-bond acceptors (Lipinski definition) is 2. The molecule has 1 aliphatic heterocycles. The summed E-state index contributed by atoms with van der Waals surface area (Å²) in [5.74, 6) is -0.284. The predicted octanol–water partition coefficient (Wildman–Crippen LogP) is 1.84. The van der Waals surface area contributed by atoms with Crippen molar-refractivity contribution in [3.63, 3.8) is 0 Å². The Morgan fingerprint density at radius 2 is 2.37 bits per heavy atom. The second-order valence-electron chi connectivity index (χ2n) is 4.77. The third-order valence-electron chi connectivity index (χ3n) is 3.56. The number of carbonyl (C=O) groups is 1. The van der Waals surface area contributed by atoms with Crippen molar-refractivity contribution in [3.8, 4) is 0 Å². The number of halogens is 1. The number of fused-ring (bicyclic) bond motifs is 3. The monoisotopic (exact) mass is 262 g/mol. The first-order valence-electron chi connectivity index (χ1n) is 6.24. The largest absolute Gasteiger partial charge is 0.375 e.